The van der Waals surface area contributed by atoms with Crippen LogP contribution in [0.2, 0.25) is 0 Å². The molecule has 1 aliphatic heterocycles. The van der Waals surface area contributed by atoms with E-state index >= 15 is 0 Å². The largest absolute Gasteiger partial charge is 0.334 e. The van der Waals surface area contributed by atoms with E-state index in [2.05, 4.69) is 29.5 Å². The predicted octanol–water partition coefficient (Wildman–Crippen LogP) is 1.46. The van der Waals surface area contributed by atoms with Gasteiger partial charge in [0.15, 0.2) is 5.69 Å². The molecule has 1 aliphatic carbocycles. The Bertz CT molecular complexity index is 488. The molecule has 116 valence electrons. The van der Waals surface area contributed by atoms with Crippen LogP contribution in [-0.4, -0.2) is 51.5 Å². The fourth-order valence-corrected chi connectivity index (χ4v) is 3.17. The first-order chi connectivity index (χ1) is 10.1. The molecule has 1 saturated heterocycles. The van der Waals surface area contributed by atoms with Crippen molar-refractivity contribution >= 4 is 5.91 Å². The Hall–Kier alpha value is -1.43. The van der Waals surface area contributed by atoms with Crippen LogP contribution in [0.5, 0.6) is 0 Å². The van der Waals surface area contributed by atoms with E-state index in [1.54, 1.807) is 0 Å². The van der Waals surface area contributed by atoms with Gasteiger partial charge in [0.1, 0.15) is 0 Å². The second kappa shape index (κ2) is 6.13. The fraction of sp³-hybridized carbons (Fsp3) is 0.800. The lowest BCUT2D eigenvalue weighted by atomic mass is 10.1. The van der Waals surface area contributed by atoms with E-state index in [1.807, 2.05) is 15.8 Å². The first-order valence-corrected chi connectivity index (χ1v) is 8.08. The van der Waals surface area contributed by atoms with E-state index in [0.29, 0.717) is 23.7 Å². The molecular formula is C15H25N5O. The van der Waals surface area contributed by atoms with Crippen molar-refractivity contribution in [3.05, 3.63) is 11.9 Å². The van der Waals surface area contributed by atoms with Gasteiger partial charge < -0.3 is 10.2 Å². The van der Waals surface area contributed by atoms with Crippen LogP contribution in [0.4, 0.5) is 0 Å². The Morgan fingerprint density at radius 2 is 2.14 bits per heavy atom. The van der Waals surface area contributed by atoms with Gasteiger partial charge in [-0.15, -0.1) is 5.10 Å². The fourth-order valence-electron chi connectivity index (χ4n) is 3.17. The van der Waals surface area contributed by atoms with Gasteiger partial charge in [0, 0.05) is 25.7 Å². The minimum absolute atomic E-state index is 0.0501. The Morgan fingerprint density at radius 1 is 1.43 bits per heavy atom. The maximum Gasteiger partial charge on any atom is 0.276 e. The van der Waals surface area contributed by atoms with Crippen molar-refractivity contribution in [2.45, 2.75) is 51.6 Å². The SMILES string of the molecule is CC(C)CN(C(=O)c1cn(C2CNC2)nn1)C1CCCC1. The predicted molar refractivity (Wildman–Crippen MR) is 80.1 cm³/mol. The quantitative estimate of drug-likeness (QED) is 0.892. The maximum absolute atomic E-state index is 12.8. The number of carbonyl (C=O) groups excluding carboxylic acids is 1. The average Bonchev–Trinajstić information content (AvgIpc) is 3.03. The Balaban J connectivity index is 1.74. The van der Waals surface area contributed by atoms with E-state index in [9.17, 15) is 4.79 Å². The molecule has 1 aromatic heterocycles. The van der Waals surface area contributed by atoms with Crippen molar-refractivity contribution in [2.24, 2.45) is 5.92 Å². The molecule has 2 fully saturated rings. The number of aromatic nitrogens is 3. The van der Waals surface area contributed by atoms with Crippen molar-refractivity contribution < 1.29 is 4.79 Å². The Morgan fingerprint density at radius 3 is 2.71 bits per heavy atom. The first-order valence-electron chi connectivity index (χ1n) is 8.08. The number of carbonyl (C=O) groups is 1. The summed E-state index contributed by atoms with van der Waals surface area (Å²) in [5.74, 6) is 0.523. The molecule has 21 heavy (non-hydrogen) atoms. The number of nitrogens with one attached hydrogen (secondary N) is 1. The number of rotatable bonds is 5. The van der Waals surface area contributed by atoms with Crippen LogP contribution >= 0.6 is 0 Å². The van der Waals surface area contributed by atoms with Gasteiger partial charge in [-0.05, 0) is 18.8 Å². The van der Waals surface area contributed by atoms with Crippen molar-refractivity contribution in [3.8, 4) is 0 Å². The highest BCUT2D eigenvalue weighted by Crippen LogP contribution is 2.25. The van der Waals surface area contributed by atoms with Crippen LogP contribution in [0.1, 0.15) is 56.1 Å². The standard InChI is InChI=1S/C15H25N5O/c1-11(2)9-19(12-5-3-4-6-12)15(21)14-10-20(18-17-14)13-7-16-8-13/h10-13,16H,3-9H2,1-2H3. The van der Waals surface area contributed by atoms with E-state index in [4.69, 9.17) is 0 Å². The van der Waals surface area contributed by atoms with Gasteiger partial charge in [-0.2, -0.15) is 0 Å². The van der Waals surface area contributed by atoms with Crippen LogP contribution in [0.15, 0.2) is 6.20 Å². The van der Waals surface area contributed by atoms with Gasteiger partial charge in [-0.1, -0.05) is 31.9 Å². The van der Waals surface area contributed by atoms with Crippen molar-refractivity contribution in [1.29, 1.82) is 0 Å². The third-order valence-corrected chi connectivity index (χ3v) is 4.45. The molecule has 6 heteroatoms. The van der Waals surface area contributed by atoms with Crippen LogP contribution in [0.3, 0.4) is 0 Å². The van der Waals surface area contributed by atoms with Crippen LogP contribution in [0.25, 0.3) is 0 Å². The highest BCUT2D eigenvalue weighted by Gasteiger charge is 2.30. The topological polar surface area (TPSA) is 63.1 Å². The molecule has 2 heterocycles. The third-order valence-electron chi connectivity index (χ3n) is 4.45. The summed E-state index contributed by atoms with van der Waals surface area (Å²) in [6, 6.07) is 0.736. The summed E-state index contributed by atoms with van der Waals surface area (Å²) in [4.78, 5) is 14.8. The molecule has 1 saturated carbocycles. The van der Waals surface area contributed by atoms with Gasteiger partial charge in [0.05, 0.1) is 12.2 Å². The van der Waals surface area contributed by atoms with Crippen LogP contribution < -0.4 is 5.32 Å². The summed E-state index contributed by atoms with van der Waals surface area (Å²) in [6.45, 7) is 6.95. The summed E-state index contributed by atoms with van der Waals surface area (Å²) >= 11 is 0. The molecule has 0 atom stereocenters. The molecule has 0 bridgehead atoms. The van der Waals surface area contributed by atoms with E-state index in [-0.39, 0.29) is 5.91 Å². The van der Waals surface area contributed by atoms with Gasteiger partial charge in [-0.25, -0.2) is 4.68 Å². The summed E-state index contributed by atoms with van der Waals surface area (Å²) in [5.41, 5.74) is 0.495. The van der Waals surface area contributed by atoms with Crippen molar-refractivity contribution in [1.82, 2.24) is 25.2 Å². The number of amides is 1. The lowest BCUT2D eigenvalue weighted by molar-refractivity contribution is 0.0649. The zero-order valence-corrected chi connectivity index (χ0v) is 13.0. The summed E-state index contributed by atoms with van der Waals surface area (Å²) in [7, 11) is 0. The van der Waals surface area contributed by atoms with E-state index in [1.165, 1.54) is 12.8 Å². The first kappa shape index (κ1) is 14.5. The van der Waals surface area contributed by atoms with Gasteiger partial charge in [-0.3, -0.25) is 4.79 Å². The number of nitrogens with zero attached hydrogens (tertiary/aromatic N) is 4. The maximum atomic E-state index is 12.8. The molecule has 0 radical (unpaired) electrons. The molecule has 1 amide bonds. The molecule has 1 N–H and O–H groups in total. The normalized spacial score (nSPS) is 20.0. The minimum atomic E-state index is 0.0501. The van der Waals surface area contributed by atoms with Gasteiger partial charge in [0.2, 0.25) is 0 Å². The van der Waals surface area contributed by atoms with Crippen molar-refractivity contribution in [2.75, 3.05) is 19.6 Å². The second-order valence-corrected chi connectivity index (χ2v) is 6.69. The molecule has 3 rings (SSSR count). The zero-order chi connectivity index (χ0) is 14.8. The lowest BCUT2D eigenvalue weighted by Crippen LogP contribution is -2.43. The molecule has 0 unspecified atom stereocenters. The second-order valence-electron chi connectivity index (χ2n) is 6.69. The number of hydrogen-bond donors (Lipinski definition) is 1. The van der Waals surface area contributed by atoms with Gasteiger partial charge in [0.25, 0.3) is 5.91 Å². The molecule has 1 aromatic rings. The molecule has 2 aliphatic rings. The molecule has 0 aromatic carbocycles. The van der Waals surface area contributed by atoms with E-state index in [0.717, 1.165) is 32.5 Å². The minimum Gasteiger partial charge on any atom is -0.334 e. The molecule has 6 nitrogen and oxygen atoms in total. The highest BCUT2D eigenvalue weighted by atomic mass is 16.2. The Labute approximate surface area is 125 Å². The molecule has 0 spiro atoms. The van der Waals surface area contributed by atoms with E-state index < -0.39 is 0 Å². The van der Waals surface area contributed by atoms with Crippen LogP contribution in [-0.2, 0) is 0 Å². The van der Waals surface area contributed by atoms with Gasteiger partial charge >= 0.3 is 0 Å². The summed E-state index contributed by atoms with van der Waals surface area (Å²) < 4.78 is 1.83. The van der Waals surface area contributed by atoms with Crippen LogP contribution in [0, 0.1) is 5.92 Å². The zero-order valence-electron chi connectivity index (χ0n) is 13.0. The lowest BCUT2D eigenvalue weighted by Gasteiger charge is -2.30. The molecular weight excluding hydrogens is 266 g/mol. The van der Waals surface area contributed by atoms with Crippen molar-refractivity contribution in [3.63, 3.8) is 0 Å². The monoisotopic (exact) mass is 291 g/mol. The average molecular weight is 291 g/mol. The third kappa shape index (κ3) is 3.10. The summed E-state index contributed by atoms with van der Waals surface area (Å²) in [5, 5.41) is 11.4. The smallest absolute Gasteiger partial charge is 0.276 e. The highest BCUT2D eigenvalue weighted by molar-refractivity contribution is 5.92. The summed E-state index contributed by atoms with van der Waals surface area (Å²) in [6.07, 6.45) is 6.52. The number of hydrogen-bond acceptors (Lipinski definition) is 4. The Kier molecular flexibility index (Phi) is 4.24.